The van der Waals surface area contributed by atoms with Crippen LogP contribution in [0.2, 0.25) is 0 Å². The first-order chi connectivity index (χ1) is 8.34. The first-order valence-corrected chi connectivity index (χ1v) is 6.04. The Balaban J connectivity index is 0. The van der Waals surface area contributed by atoms with Gasteiger partial charge >= 0.3 is 0 Å². The van der Waals surface area contributed by atoms with E-state index in [4.69, 9.17) is 10.2 Å². The van der Waals surface area contributed by atoms with Crippen molar-refractivity contribution in [2.75, 3.05) is 27.2 Å². The van der Waals surface area contributed by atoms with Crippen molar-refractivity contribution in [2.24, 2.45) is 11.1 Å². The summed E-state index contributed by atoms with van der Waals surface area (Å²) in [5, 5.41) is 2.92. The molecule has 0 atom stereocenters. The summed E-state index contributed by atoms with van der Waals surface area (Å²) in [5.74, 6) is 0.498. The van der Waals surface area contributed by atoms with Crippen LogP contribution < -0.4 is 11.1 Å². The lowest BCUT2D eigenvalue weighted by Crippen LogP contribution is -2.39. The average Bonchev–Trinajstić information content (AvgIpc) is 2.72. The number of rotatable bonds is 6. The SMILES string of the molecule is CN(C)CC(C)(C)CNC(=O)c1coc(CN)c1.Cl.Cl. The third-order valence-electron chi connectivity index (χ3n) is 2.59. The number of furan rings is 1. The minimum absolute atomic E-state index is 0. The van der Waals surface area contributed by atoms with E-state index in [0.29, 0.717) is 24.4 Å². The molecular weight excluding hydrogens is 301 g/mol. The van der Waals surface area contributed by atoms with Gasteiger partial charge in [0.05, 0.1) is 12.1 Å². The van der Waals surface area contributed by atoms with E-state index in [9.17, 15) is 4.79 Å². The van der Waals surface area contributed by atoms with Gasteiger partial charge in [-0.1, -0.05) is 13.8 Å². The van der Waals surface area contributed by atoms with Gasteiger partial charge in [-0.2, -0.15) is 0 Å². The monoisotopic (exact) mass is 325 g/mol. The molecule has 5 nitrogen and oxygen atoms in total. The molecule has 3 N–H and O–H groups in total. The Bertz CT molecular complexity index is 406. The molecule has 0 radical (unpaired) electrons. The molecule has 0 saturated heterocycles. The lowest BCUT2D eigenvalue weighted by Gasteiger charge is -2.28. The van der Waals surface area contributed by atoms with Crippen LogP contribution in [-0.4, -0.2) is 38.0 Å². The highest BCUT2D eigenvalue weighted by molar-refractivity contribution is 5.93. The molecule has 7 heteroatoms. The third kappa shape index (κ3) is 7.14. The molecule has 0 bridgehead atoms. The maximum Gasteiger partial charge on any atom is 0.254 e. The summed E-state index contributed by atoms with van der Waals surface area (Å²) >= 11 is 0. The molecule has 1 aromatic heterocycles. The molecule has 118 valence electrons. The van der Waals surface area contributed by atoms with Crippen LogP contribution in [0.4, 0.5) is 0 Å². The van der Waals surface area contributed by atoms with Crippen molar-refractivity contribution >= 4 is 30.7 Å². The topological polar surface area (TPSA) is 71.5 Å². The van der Waals surface area contributed by atoms with E-state index in [1.165, 1.54) is 6.26 Å². The van der Waals surface area contributed by atoms with E-state index in [-0.39, 0.29) is 36.1 Å². The molecule has 1 rings (SSSR count). The van der Waals surface area contributed by atoms with Gasteiger partial charge in [0.2, 0.25) is 0 Å². The van der Waals surface area contributed by atoms with E-state index in [0.717, 1.165) is 6.54 Å². The Morgan fingerprint density at radius 1 is 1.40 bits per heavy atom. The van der Waals surface area contributed by atoms with Gasteiger partial charge in [0, 0.05) is 13.1 Å². The van der Waals surface area contributed by atoms with Gasteiger partial charge in [-0.15, -0.1) is 24.8 Å². The van der Waals surface area contributed by atoms with Crippen molar-refractivity contribution in [3.63, 3.8) is 0 Å². The number of amides is 1. The van der Waals surface area contributed by atoms with Crippen molar-refractivity contribution in [1.29, 1.82) is 0 Å². The van der Waals surface area contributed by atoms with Crippen molar-refractivity contribution in [3.05, 3.63) is 23.7 Å². The largest absolute Gasteiger partial charge is 0.467 e. The number of hydrogen-bond acceptors (Lipinski definition) is 4. The second-order valence-corrected chi connectivity index (χ2v) is 5.59. The van der Waals surface area contributed by atoms with Crippen LogP contribution in [-0.2, 0) is 6.54 Å². The van der Waals surface area contributed by atoms with Gasteiger partial charge in [0.25, 0.3) is 5.91 Å². The van der Waals surface area contributed by atoms with Crippen LogP contribution in [0.25, 0.3) is 0 Å². The first kappa shape index (κ1) is 21.5. The lowest BCUT2D eigenvalue weighted by molar-refractivity contribution is 0.0928. The normalized spacial score (nSPS) is 10.7. The Labute approximate surface area is 133 Å². The number of carbonyl (C=O) groups excluding carboxylic acids is 1. The van der Waals surface area contributed by atoms with E-state index in [1.807, 2.05) is 14.1 Å². The molecule has 1 aromatic rings. The van der Waals surface area contributed by atoms with Crippen molar-refractivity contribution in [1.82, 2.24) is 10.2 Å². The van der Waals surface area contributed by atoms with Crippen molar-refractivity contribution in [3.8, 4) is 0 Å². The number of hydrogen-bond donors (Lipinski definition) is 2. The minimum atomic E-state index is -0.120. The van der Waals surface area contributed by atoms with E-state index >= 15 is 0 Å². The van der Waals surface area contributed by atoms with Gasteiger partial charge in [-0.05, 0) is 25.6 Å². The lowest BCUT2D eigenvalue weighted by atomic mass is 9.93. The molecule has 0 saturated carbocycles. The zero-order chi connectivity index (χ0) is 13.8. The van der Waals surface area contributed by atoms with E-state index < -0.39 is 0 Å². The fourth-order valence-electron chi connectivity index (χ4n) is 1.94. The summed E-state index contributed by atoms with van der Waals surface area (Å²) in [6.07, 6.45) is 1.44. The third-order valence-corrected chi connectivity index (χ3v) is 2.59. The summed E-state index contributed by atoms with van der Waals surface area (Å²) in [6, 6.07) is 1.67. The highest BCUT2D eigenvalue weighted by atomic mass is 35.5. The molecule has 0 aromatic carbocycles. The van der Waals surface area contributed by atoms with Crippen molar-refractivity contribution < 1.29 is 9.21 Å². The van der Waals surface area contributed by atoms with Crippen LogP contribution in [0.5, 0.6) is 0 Å². The highest BCUT2D eigenvalue weighted by Crippen LogP contribution is 2.15. The molecule has 0 aliphatic carbocycles. The zero-order valence-corrected chi connectivity index (χ0v) is 14.1. The van der Waals surface area contributed by atoms with Crippen LogP contribution in [0.1, 0.15) is 30.0 Å². The Morgan fingerprint density at radius 3 is 2.45 bits per heavy atom. The fraction of sp³-hybridized carbons (Fsp3) is 0.615. The summed E-state index contributed by atoms with van der Waals surface area (Å²) in [5.41, 5.74) is 5.98. The standard InChI is InChI=1S/C13H23N3O2.2ClH/c1-13(2,9-16(3)4)8-15-12(17)10-5-11(6-14)18-7-10;;/h5,7H,6,8-9,14H2,1-4H3,(H,15,17);2*1H. The zero-order valence-electron chi connectivity index (χ0n) is 12.4. The summed E-state index contributed by atoms with van der Waals surface area (Å²) in [7, 11) is 4.04. The van der Waals surface area contributed by atoms with Gasteiger partial charge in [0.15, 0.2) is 0 Å². The number of carbonyl (C=O) groups is 1. The number of nitrogens with one attached hydrogen (secondary N) is 1. The van der Waals surface area contributed by atoms with Crippen LogP contribution in [0, 0.1) is 5.41 Å². The molecule has 1 amide bonds. The smallest absolute Gasteiger partial charge is 0.254 e. The molecule has 1 heterocycles. The predicted octanol–water partition coefficient (Wildman–Crippen LogP) is 1.90. The van der Waals surface area contributed by atoms with E-state index in [1.54, 1.807) is 6.07 Å². The second-order valence-electron chi connectivity index (χ2n) is 5.59. The Morgan fingerprint density at radius 2 is 2.00 bits per heavy atom. The molecule has 0 aliphatic rings. The van der Waals surface area contributed by atoms with Gasteiger partial charge in [-0.3, -0.25) is 4.79 Å². The number of halogens is 2. The van der Waals surface area contributed by atoms with Crippen molar-refractivity contribution in [2.45, 2.75) is 20.4 Å². The summed E-state index contributed by atoms with van der Waals surface area (Å²) in [6.45, 7) is 6.07. The van der Waals surface area contributed by atoms with E-state index in [2.05, 4.69) is 24.1 Å². The molecular formula is C13H25Cl2N3O2. The molecule has 0 aliphatic heterocycles. The second kappa shape index (κ2) is 9.23. The Kier molecular flexibility index (Phi) is 9.95. The Hall–Kier alpha value is -0.750. The van der Waals surface area contributed by atoms with Gasteiger partial charge in [-0.25, -0.2) is 0 Å². The maximum absolute atomic E-state index is 11.9. The highest BCUT2D eigenvalue weighted by Gasteiger charge is 2.20. The predicted molar refractivity (Wildman–Crippen MR) is 85.8 cm³/mol. The minimum Gasteiger partial charge on any atom is -0.467 e. The van der Waals surface area contributed by atoms with Crippen LogP contribution >= 0.6 is 24.8 Å². The fourth-order valence-corrected chi connectivity index (χ4v) is 1.94. The average molecular weight is 326 g/mol. The summed E-state index contributed by atoms with van der Waals surface area (Å²) < 4.78 is 5.14. The first-order valence-electron chi connectivity index (χ1n) is 6.04. The number of nitrogens with zero attached hydrogens (tertiary/aromatic N) is 1. The molecule has 0 spiro atoms. The quantitative estimate of drug-likeness (QED) is 0.838. The van der Waals surface area contributed by atoms with Gasteiger partial charge in [0.1, 0.15) is 12.0 Å². The molecule has 20 heavy (non-hydrogen) atoms. The van der Waals surface area contributed by atoms with Gasteiger partial charge < -0.3 is 20.4 Å². The van der Waals surface area contributed by atoms with Crippen LogP contribution in [0.15, 0.2) is 16.7 Å². The molecule has 0 fully saturated rings. The molecule has 0 unspecified atom stereocenters. The number of nitrogens with two attached hydrogens (primary N) is 1. The maximum atomic E-state index is 11.9. The summed E-state index contributed by atoms with van der Waals surface area (Å²) in [4.78, 5) is 14.0. The van der Waals surface area contributed by atoms with Crippen LogP contribution in [0.3, 0.4) is 0 Å².